The molecule has 0 spiro atoms. The predicted octanol–water partition coefficient (Wildman–Crippen LogP) is 5.99. The molecule has 0 radical (unpaired) electrons. The van der Waals surface area contributed by atoms with E-state index in [2.05, 4.69) is 19.2 Å². The summed E-state index contributed by atoms with van der Waals surface area (Å²) in [4.78, 5) is 12.6. The Morgan fingerprint density at radius 1 is 0.857 bits per heavy atom. The number of nitrogens with one attached hydrogen (secondary N) is 1. The summed E-state index contributed by atoms with van der Waals surface area (Å²) in [6.07, 6.45) is 17.8. The van der Waals surface area contributed by atoms with Crippen LogP contribution in [0.25, 0.3) is 0 Å². The lowest BCUT2D eigenvalue weighted by molar-refractivity contribution is -0.140. The first-order chi connectivity index (χ1) is 13.5. The Bertz CT molecular complexity index is 595. The van der Waals surface area contributed by atoms with Crippen LogP contribution < -0.4 is 5.32 Å². The molecule has 0 aromatic heterocycles. The molecule has 4 aliphatic carbocycles. The molecule has 5 fully saturated rings. The molecule has 4 unspecified atom stereocenters. The Morgan fingerprint density at radius 2 is 1.64 bits per heavy atom. The average molecular weight is 386 g/mol. The van der Waals surface area contributed by atoms with E-state index in [1.165, 1.54) is 90.1 Å². The highest BCUT2D eigenvalue weighted by molar-refractivity contribution is 5.87. The summed E-state index contributed by atoms with van der Waals surface area (Å²) < 4.78 is 0. The third kappa shape index (κ3) is 3.12. The summed E-state index contributed by atoms with van der Waals surface area (Å²) in [6, 6.07) is 0. The molecule has 7 atom stereocenters. The minimum Gasteiger partial charge on any atom is -0.317 e. The molecule has 0 aromatic carbocycles. The van der Waals surface area contributed by atoms with Gasteiger partial charge in [-0.25, -0.2) is 0 Å². The van der Waals surface area contributed by atoms with Gasteiger partial charge in [0.2, 0.25) is 0 Å². The SMILES string of the molecule is C[C@]12CC[C@H](CCC3CCNCC3)CC1CCC1C2CC[C@]2(C)C(=O)CCC12. The van der Waals surface area contributed by atoms with Gasteiger partial charge in [-0.05, 0) is 118 Å². The standard InChI is InChI=1S/C26H43NO/c1-25-13-9-19(4-3-18-11-15-27-16-12-18)17-20(25)5-6-21-22-7-8-24(28)26(22,2)14-10-23(21)25/h18-23,27H,3-17H2,1-2H3/t19-,20?,21?,22?,23?,25-,26-/m0/s1. The van der Waals surface area contributed by atoms with Crippen molar-refractivity contribution in [3.05, 3.63) is 0 Å². The Kier molecular flexibility index (Phi) is 5.17. The van der Waals surface area contributed by atoms with Crippen LogP contribution in [0.2, 0.25) is 0 Å². The Morgan fingerprint density at radius 3 is 2.46 bits per heavy atom. The topological polar surface area (TPSA) is 29.1 Å². The van der Waals surface area contributed by atoms with Crippen LogP contribution in [0.4, 0.5) is 0 Å². The van der Waals surface area contributed by atoms with Crippen LogP contribution in [0.5, 0.6) is 0 Å². The summed E-state index contributed by atoms with van der Waals surface area (Å²) >= 11 is 0. The van der Waals surface area contributed by atoms with Crippen molar-refractivity contribution in [1.29, 1.82) is 0 Å². The maximum absolute atomic E-state index is 12.6. The zero-order valence-electron chi connectivity index (χ0n) is 18.5. The smallest absolute Gasteiger partial charge is 0.139 e. The zero-order valence-corrected chi connectivity index (χ0v) is 18.5. The van der Waals surface area contributed by atoms with Gasteiger partial charge in [-0.1, -0.05) is 26.7 Å². The number of rotatable bonds is 3. The average Bonchev–Trinajstić information content (AvgIpc) is 3.02. The second-order valence-corrected chi connectivity index (χ2v) is 12.0. The van der Waals surface area contributed by atoms with E-state index in [0.717, 1.165) is 36.0 Å². The van der Waals surface area contributed by atoms with Crippen molar-refractivity contribution in [3.8, 4) is 0 Å². The third-order valence-corrected chi connectivity index (χ3v) is 10.9. The van der Waals surface area contributed by atoms with E-state index < -0.39 is 0 Å². The highest BCUT2D eigenvalue weighted by Gasteiger charge is 2.60. The minimum atomic E-state index is 0.0520. The van der Waals surface area contributed by atoms with Crippen LogP contribution in [0, 0.1) is 46.3 Å². The third-order valence-electron chi connectivity index (χ3n) is 10.9. The van der Waals surface area contributed by atoms with Crippen molar-refractivity contribution in [3.63, 3.8) is 0 Å². The first-order valence-corrected chi connectivity index (χ1v) is 12.7. The maximum Gasteiger partial charge on any atom is 0.139 e. The van der Waals surface area contributed by atoms with Gasteiger partial charge in [0, 0.05) is 11.8 Å². The Balaban J connectivity index is 1.23. The van der Waals surface area contributed by atoms with Crippen molar-refractivity contribution in [2.24, 2.45) is 46.3 Å². The van der Waals surface area contributed by atoms with Crippen LogP contribution in [0.1, 0.15) is 97.3 Å². The number of carbonyl (C=O) groups excluding carboxylic acids is 1. The highest BCUT2D eigenvalue weighted by atomic mass is 16.1. The van der Waals surface area contributed by atoms with Gasteiger partial charge in [-0.3, -0.25) is 4.79 Å². The molecule has 28 heavy (non-hydrogen) atoms. The molecule has 2 nitrogen and oxygen atoms in total. The van der Waals surface area contributed by atoms with Gasteiger partial charge < -0.3 is 5.32 Å². The second kappa shape index (κ2) is 7.40. The van der Waals surface area contributed by atoms with Crippen molar-refractivity contribution in [2.75, 3.05) is 13.1 Å². The molecular formula is C26H43NO. The molecule has 0 bridgehead atoms. The van der Waals surface area contributed by atoms with Crippen molar-refractivity contribution in [2.45, 2.75) is 97.3 Å². The lowest BCUT2D eigenvalue weighted by Crippen LogP contribution is -2.53. The quantitative estimate of drug-likeness (QED) is 0.646. The normalized spacial score (nSPS) is 49.4. The fraction of sp³-hybridized carbons (Fsp3) is 0.962. The van der Waals surface area contributed by atoms with Crippen molar-refractivity contribution < 1.29 is 4.79 Å². The van der Waals surface area contributed by atoms with E-state index in [1.807, 2.05) is 0 Å². The molecular weight excluding hydrogens is 342 g/mol. The molecule has 1 aliphatic heterocycles. The number of hydrogen-bond acceptors (Lipinski definition) is 2. The van der Waals surface area contributed by atoms with Crippen molar-refractivity contribution in [1.82, 2.24) is 5.32 Å². The number of hydrogen-bond donors (Lipinski definition) is 1. The summed E-state index contributed by atoms with van der Waals surface area (Å²) in [5.41, 5.74) is 0.636. The summed E-state index contributed by atoms with van der Waals surface area (Å²) in [5, 5.41) is 3.52. The van der Waals surface area contributed by atoms with Gasteiger partial charge in [0.15, 0.2) is 0 Å². The van der Waals surface area contributed by atoms with Crippen molar-refractivity contribution >= 4 is 5.78 Å². The van der Waals surface area contributed by atoms with Crippen LogP contribution in [0.15, 0.2) is 0 Å². The summed E-state index contributed by atoms with van der Waals surface area (Å²) in [7, 11) is 0. The number of fused-ring (bicyclic) bond motifs is 5. The van der Waals surface area contributed by atoms with E-state index in [9.17, 15) is 4.79 Å². The number of carbonyl (C=O) groups is 1. The fourth-order valence-corrected chi connectivity index (χ4v) is 9.02. The Labute approximate surface area is 173 Å². The lowest BCUT2D eigenvalue weighted by Gasteiger charge is -2.60. The van der Waals surface area contributed by atoms with Crippen LogP contribution in [-0.4, -0.2) is 18.9 Å². The van der Waals surface area contributed by atoms with E-state index >= 15 is 0 Å². The zero-order chi connectivity index (χ0) is 19.4. The van der Waals surface area contributed by atoms with E-state index in [1.54, 1.807) is 0 Å². The van der Waals surface area contributed by atoms with Gasteiger partial charge in [-0.2, -0.15) is 0 Å². The van der Waals surface area contributed by atoms with Gasteiger partial charge in [-0.15, -0.1) is 0 Å². The molecule has 1 saturated heterocycles. The fourth-order valence-electron chi connectivity index (χ4n) is 9.02. The minimum absolute atomic E-state index is 0.0520. The molecule has 2 heteroatoms. The number of piperidine rings is 1. The monoisotopic (exact) mass is 385 g/mol. The molecule has 1 N–H and O–H groups in total. The summed E-state index contributed by atoms with van der Waals surface area (Å²) in [6.45, 7) is 7.51. The van der Waals surface area contributed by atoms with E-state index in [4.69, 9.17) is 0 Å². The largest absolute Gasteiger partial charge is 0.317 e. The molecule has 4 saturated carbocycles. The first kappa shape index (κ1) is 19.6. The Hall–Kier alpha value is -0.370. The first-order valence-electron chi connectivity index (χ1n) is 12.7. The number of Topliss-reactive ketones (excluding diaryl/α,β-unsaturated/α-hetero) is 1. The molecule has 0 amide bonds. The highest BCUT2D eigenvalue weighted by Crippen LogP contribution is 2.66. The van der Waals surface area contributed by atoms with E-state index in [0.29, 0.717) is 17.1 Å². The van der Waals surface area contributed by atoms with Gasteiger partial charge >= 0.3 is 0 Å². The van der Waals surface area contributed by atoms with Gasteiger partial charge in [0.25, 0.3) is 0 Å². The van der Waals surface area contributed by atoms with Crippen LogP contribution in [-0.2, 0) is 4.79 Å². The molecule has 1 heterocycles. The molecule has 158 valence electrons. The molecule has 5 rings (SSSR count). The van der Waals surface area contributed by atoms with E-state index in [-0.39, 0.29) is 5.41 Å². The maximum atomic E-state index is 12.6. The van der Waals surface area contributed by atoms with Gasteiger partial charge in [0.05, 0.1) is 0 Å². The number of ketones is 1. The summed E-state index contributed by atoms with van der Waals surface area (Å²) in [5.74, 6) is 6.08. The lowest BCUT2D eigenvalue weighted by atomic mass is 9.44. The van der Waals surface area contributed by atoms with Crippen LogP contribution in [0.3, 0.4) is 0 Å². The van der Waals surface area contributed by atoms with Crippen LogP contribution >= 0.6 is 0 Å². The molecule has 5 aliphatic rings. The van der Waals surface area contributed by atoms with Gasteiger partial charge in [0.1, 0.15) is 5.78 Å². The molecule has 0 aromatic rings. The predicted molar refractivity (Wildman–Crippen MR) is 115 cm³/mol. The second-order valence-electron chi connectivity index (χ2n) is 12.0.